The molecular weight excluding hydrogens is 324 g/mol. The first-order chi connectivity index (χ1) is 10.9. The predicted molar refractivity (Wildman–Crippen MR) is 86.7 cm³/mol. The van der Waals surface area contributed by atoms with Crippen molar-refractivity contribution in [2.24, 2.45) is 0 Å². The van der Waals surface area contributed by atoms with E-state index in [0.717, 1.165) is 12.5 Å². The van der Waals surface area contributed by atoms with E-state index in [1.165, 1.54) is 0 Å². The Hall–Kier alpha value is -0.540. The summed E-state index contributed by atoms with van der Waals surface area (Å²) >= 11 is 0. The van der Waals surface area contributed by atoms with Crippen molar-refractivity contribution < 1.29 is 31.6 Å². The molecule has 0 aromatic carbocycles. The largest absolute Gasteiger partial charge is 0.379 e. The quantitative estimate of drug-likeness (QED) is 0.181. The highest BCUT2D eigenvalue weighted by atomic mass is 32.2. The SMILES string of the molecule is CCOC(CCCC(COCCCC=O)OS(C)(=O)=O)OCC. The molecule has 0 radical (unpaired) electrons. The first kappa shape index (κ1) is 22.5. The number of hydrogen-bond acceptors (Lipinski definition) is 7. The molecule has 0 aromatic heterocycles. The standard InChI is InChI=1S/C15H30O7S/c1-4-20-15(21-5-2)10-8-9-14(22-23(3,17)18)13-19-12-7-6-11-16/h11,14-15H,4-10,12-13H2,1-3H3. The van der Waals surface area contributed by atoms with Crippen LogP contribution >= 0.6 is 0 Å². The Kier molecular flexibility index (Phi) is 13.5. The van der Waals surface area contributed by atoms with Crippen LogP contribution in [0.5, 0.6) is 0 Å². The summed E-state index contributed by atoms with van der Waals surface area (Å²) in [7, 11) is -3.54. The van der Waals surface area contributed by atoms with Crippen molar-refractivity contribution in [3.8, 4) is 0 Å². The second kappa shape index (κ2) is 13.9. The average molecular weight is 354 g/mol. The molecule has 0 amide bonds. The highest BCUT2D eigenvalue weighted by Gasteiger charge is 2.17. The van der Waals surface area contributed by atoms with E-state index >= 15 is 0 Å². The van der Waals surface area contributed by atoms with Gasteiger partial charge in [0, 0.05) is 26.2 Å². The van der Waals surface area contributed by atoms with Crippen LogP contribution in [-0.2, 0) is 33.3 Å². The van der Waals surface area contributed by atoms with Gasteiger partial charge in [0.15, 0.2) is 6.29 Å². The summed E-state index contributed by atoms with van der Waals surface area (Å²) in [5.74, 6) is 0. The molecule has 0 N–H and O–H groups in total. The van der Waals surface area contributed by atoms with Crippen molar-refractivity contribution in [1.82, 2.24) is 0 Å². The molecule has 0 heterocycles. The lowest BCUT2D eigenvalue weighted by molar-refractivity contribution is -0.140. The summed E-state index contributed by atoms with van der Waals surface area (Å²) in [6.07, 6.45) is 3.97. The van der Waals surface area contributed by atoms with Crippen LogP contribution < -0.4 is 0 Å². The fourth-order valence-electron chi connectivity index (χ4n) is 1.99. The summed E-state index contributed by atoms with van der Waals surface area (Å²) in [5, 5.41) is 0. The fourth-order valence-corrected chi connectivity index (χ4v) is 2.63. The van der Waals surface area contributed by atoms with Gasteiger partial charge in [0.1, 0.15) is 12.4 Å². The number of ether oxygens (including phenoxy) is 3. The van der Waals surface area contributed by atoms with Gasteiger partial charge in [0.05, 0.1) is 12.9 Å². The van der Waals surface area contributed by atoms with Crippen LogP contribution in [0, 0.1) is 0 Å². The van der Waals surface area contributed by atoms with Gasteiger partial charge in [-0.2, -0.15) is 8.42 Å². The van der Waals surface area contributed by atoms with Gasteiger partial charge in [-0.25, -0.2) is 0 Å². The Bertz CT molecular complexity index is 377. The Labute approximate surface area is 139 Å². The van der Waals surface area contributed by atoms with Crippen LogP contribution in [0.15, 0.2) is 0 Å². The number of carbonyl (C=O) groups excluding carboxylic acids is 1. The zero-order chi connectivity index (χ0) is 17.6. The van der Waals surface area contributed by atoms with Gasteiger partial charge < -0.3 is 19.0 Å². The fraction of sp³-hybridized carbons (Fsp3) is 0.933. The third-order valence-corrected chi connectivity index (χ3v) is 3.52. The summed E-state index contributed by atoms with van der Waals surface area (Å²) in [5.41, 5.74) is 0. The molecule has 0 saturated heterocycles. The monoisotopic (exact) mass is 354 g/mol. The maximum Gasteiger partial charge on any atom is 0.264 e. The van der Waals surface area contributed by atoms with E-state index in [-0.39, 0.29) is 12.9 Å². The Balaban J connectivity index is 4.20. The molecule has 7 nitrogen and oxygen atoms in total. The summed E-state index contributed by atoms with van der Waals surface area (Å²) in [6, 6.07) is 0. The number of carbonyl (C=O) groups is 1. The molecule has 0 aromatic rings. The van der Waals surface area contributed by atoms with Crippen LogP contribution in [0.25, 0.3) is 0 Å². The van der Waals surface area contributed by atoms with Crippen molar-refractivity contribution in [2.75, 3.05) is 32.7 Å². The minimum absolute atomic E-state index is 0.180. The van der Waals surface area contributed by atoms with Crippen molar-refractivity contribution in [3.05, 3.63) is 0 Å². The first-order valence-electron chi connectivity index (χ1n) is 8.05. The van der Waals surface area contributed by atoms with Crippen LogP contribution in [0.2, 0.25) is 0 Å². The van der Waals surface area contributed by atoms with Crippen molar-refractivity contribution in [3.63, 3.8) is 0 Å². The molecule has 0 aliphatic heterocycles. The van der Waals surface area contributed by atoms with Gasteiger partial charge in [-0.3, -0.25) is 4.18 Å². The third-order valence-electron chi connectivity index (χ3n) is 2.90. The Morgan fingerprint density at radius 1 is 1.04 bits per heavy atom. The molecule has 0 bridgehead atoms. The van der Waals surface area contributed by atoms with Gasteiger partial charge in [-0.1, -0.05) is 0 Å². The van der Waals surface area contributed by atoms with Gasteiger partial charge in [-0.05, 0) is 39.5 Å². The second-order valence-corrected chi connectivity index (χ2v) is 6.68. The smallest absolute Gasteiger partial charge is 0.264 e. The van der Waals surface area contributed by atoms with Crippen molar-refractivity contribution >= 4 is 16.4 Å². The van der Waals surface area contributed by atoms with Crippen molar-refractivity contribution in [1.29, 1.82) is 0 Å². The van der Waals surface area contributed by atoms with E-state index in [1.807, 2.05) is 13.8 Å². The topological polar surface area (TPSA) is 88.1 Å². The molecule has 0 aliphatic rings. The molecule has 0 saturated carbocycles. The van der Waals surface area contributed by atoms with Gasteiger partial charge >= 0.3 is 0 Å². The van der Waals surface area contributed by atoms with Crippen LogP contribution in [-0.4, -0.2) is 59.8 Å². The highest BCUT2D eigenvalue weighted by Crippen LogP contribution is 2.13. The third kappa shape index (κ3) is 14.8. The summed E-state index contributed by atoms with van der Waals surface area (Å²) in [4.78, 5) is 10.2. The van der Waals surface area contributed by atoms with Crippen LogP contribution in [0.4, 0.5) is 0 Å². The van der Waals surface area contributed by atoms with E-state index in [0.29, 0.717) is 51.9 Å². The van der Waals surface area contributed by atoms with E-state index in [1.54, 1.807) is 0 Å². The van der Waals surface area contributed by atoms with Crippen LogP contribution in [0.1, 0.15) is 46.0 Å². The maximum absolute atomic E-state index is 11.3. The van der Waals surface area contributed by atoms with Crippen molar-refractivity contribution in [2.45, 2.75) is 58.3 Å². The Morgan fingerprint density at radius 2 is 1.70 bits per heavy atom. The van der Waals surface area contributed by atoms with E-state index in [2.05, 4.69) is 0 Å². The molecule has 1 atom stereocenters. The zero-order valence-electron chi connectivity index (χ0n) is 14.4. The normalized spacial score (nSPS) is 13.4. The first-order valence-corrected chi connectivity index (χ1v) is 9.87. The number of unbranched alkanes of at least 4 members (excludes halogenated alkanes) is 1. The molecule has 0 aliphatic carbocycles. The Morgan fingerprint density at radius 3 is 2.22 bits per heavy atom. The number of aldehydes is 1. The van der Waals surface area contributed by atoms with E-state index in [4.69, 9.17) is 18.4 Å². The summed E-state index contributed by atoms with van der Waals surface area (Å²) < 4.78 is 43.9. The zero-order valence-corrected chi connectivity index (χ0v) is 15.2. The lowest BCUT2D eigenvalue weighted by Crippen LogP contribution is -2.25. The molecule has 8 heteroatoms. The minimum atomic E-state index is -3.54. The molecule has 0 spiro atoms. The predicted octanol–water partition coefficient (Wildman–Crippen LogP) is 1.90. The molecule has 0 fully saturated rings. The minimum Gasteiger partial charge on any atom is -0.379 e. The molecule has 23 heavy (non-hydrogen) atoms. The van der Waals surface area contributed by atoms with Gasteiger partial charge in [0.2, 0.25) is 0 Å². The van der Waals surface area contributed by atoms with Crippen LogP contribution in [0.3, 0.4) is 0 Å². The summed E-state index contributed by atoms with van der Waals surface area (Å²) in [6.45, 7) is 5.51. The lowest BCUT2D eigenvalue weighted by atomic mass is 10.1. The average Bonchev–Trinajstić information content (AvgIpc) is 2.45. The second-order valence-electron chi connectivity index (χ2n) is 5.08. The maximum atomic E-state index is 11.3. The van der Waals surface area contributed by atoms with E-state index < -0.39 is 16.2 Å². The molecular formula is C15H30O7S. The highest BCUT2D eigenvalue weighted by molar-refractivity contribution is 7.86. The number of hydrogen-bond donors (Lipinski definition) is 0. The molecule has 1 unspecified atom stereocenters. The lowest BCUT2D eigenvalue weighted by Gasteiger charge is -2.19. The molecule has 0 rings (SSSR count). The van der Waals surface area contributed by atoms with Gasteiger partial charge in [0.25, 0.3) is 10.1 Å². The van der Waals surface area contributed by atoms with Gasteiger partial charge in [-0.15, -0.1) is 0 Å². The van der Waals surface area contributed by atoms with E-state index in [9.17, 15) is 13.2 Å². The number of rotatable bonds is 16. The molecule has 138 valence electrons.